The van der Waals surface area contributed by atoms with Gasteiger partial charge in [-0.15, -0.1) is 16.4 Å². The lowest BCUT2D eigenvalue weighted by Crippen LogP contribution is -2.34. The molecular formula is C18H23N7O2S. The van der Waals surface area contributed by atoms with E-state index in [0.717, 1.165) is 26.8 Å². The number of aromatic nitrogens is 1. The van der Waals surface area contributed by atoms with Gasteiger partial charge in [0.05, 0.1) is 18.7 Å². The third-order valence-electron chi connectivity index (χ3n) is 4.40. The summed E-state index contributed by atoms with van der Waals surface area (Å²) in [6.07, 6.45) is 0. The van der Waals surface area contributed by atoms with Crippen LogP contribution in [-0.4, -0.2) is 65.3 Å². The summed E-state index contributed by atoms with van der Waals surface area (Å²) in [6, 6.07) is 7.68. The molecule has 0 amide bonds. The molecule has 0 bridgehead atoms. The molecule has 10 heteroatoms. The van der Waals surface area contributed by atoms with Gasteiger partial charge < -0.3 is 21.3 Å². The van der Waals surface area contributed by atoms with Crippen LogP contribution in [0.3, 0.4) is 0 Å². The molecule has 0 unspecified atom stereocenters. The molecule has 1 aromatic carbocycles. The third-order valence-corrected chi connectivity index (χ3v) is 5.35. The molecule has 148 valence electrons. The zero-order chi connectivity index (χ0) is 19.9. The van der Waals surface area contributed by atoms with E-state index in [2.05, 4.69) is 15.6 Å². The van der Waals surface area contributed by atoms with Crippen LogP contribution in [0.2, 0.25) is 0 Å². The molecule has 2 heterocycles. The minimum atomic E-state index is 0.0549. The van der Waals surface area contributed by atoms with E-state index in [1.54, 1.807) is 11.3 Å². The fourth-order valence-corrected chi connectivity index (χ4v) is 3.99. The summed E-state index contributed by atoms with van der Waals surface area (Å²) in [6.45, 7) is 2.45. The SMILES string of the molecule is N=N/N=C(\N)c1ccc2c(c1)nc(NCCN(CCO)CCO)c1ccsc12. The van der Waals surface area contributed by atoms with Gasteiger partial charge in [-0.3, -0.25) is 4.90 Å². The Morgan fingerprint density at radius 1 is 1.18 bits per heavy atom. The van der Waals surface area contributed by atoms with Crippen molar-refractivity contribution in [3.63, 3.8) is 0 Å². The van der Waals surface area contributed by atoms with Gasteiger partial charge in [-0.25, -0.2) is 4.98 Å². The fraction of sp³-hybridized carbons (Fsp3) is 0.333. The largest absolute Gasteiger partial charge is 0.395 e. The Labute approximate surface area is 166 Å². The number of anilines is 1. The normalized spacial score (nSPS) is 12.2. The number of hydrogen-bond donors (Lipinski definition) is 5. The summed E-state index contributed by atoms with van der Waals surface area (Å²) in [5.74, 6) is 0.942. The lowest BCUT2D eigenvalue weighted by Gasteiger charge is -2.20. The maximum absolute atomic E-state index is 9.13. The van der Waals surface area contributed by atoms with Gasteiger partial charge in [0.15, 0.2) is 5.84 Å². The average Bonchev–Trinajstić information content (AvgIpc) is 3.18. The maximum Gasteiger partial charge on any atom is 0.155 e. The van der Waals surface area contributed by atoms with Gasteiger partial charge in [0.25, 0.3) is 0 Å². The molecule has 2 aromatic heterocycles. The highest BCUT2D eigenvalue weighted by atomic mass is 32.1. The summed E-state index contributed by atoms with van der Waals surface area (Å²) < 4.78 is 1.13. The first-order chi connectivity index (χ1) is 13.7. The van der Waals surface area contributed by atoms with E-state index in [1.807, 2.05) is 34.5 Å². The summed E-state index contributed by atoms with van der Waals surface area (Å²) in [5.41, 5.74) is 14.1. The second-order valence-electron chi connectivity index (χ2n) is 6.16. The van der Waals surface area contributed by atoms with E-state index in [1.165, 1.54) is 0 Å². The molecule has 0 spiro atoms. The topological polar surface area (TPSA) is 143 Å². The number of fused-ring (bicyclic) bond motifs is 3. The first-order valence-corrected chi connectivity index (χ1v) is 9.75. The number of thiophene rings is 1. The quantitative estimate of drug-likeness (QED) is 0.152. The highest BCUT2D eigenvalue weighted by Gasteiger charge is 2.12. The summed E-state index contributed by atoms with van der Waals surface area (Å²) in [4.78, 5) is 6.74. The highest BCUT2D eigenvalue weighted by molar-refractivity contribution is 7.18. The van der Waals surface area contributed by atoms with Crippen LogP contribution in [0.5, 0.6) is 0 Å². The van der Waals surface area contributed by atoms with Crippen molar-refractivity contribution in [3.8, 4) is 0 Å². The minimum absolute atomic E-state index is 0.0549. The van der Waals surface area contributed by atoms with Gasteiger partial charge in [0, 0.05) is 47.2 Å². The number of nitrogens with two attached hydrogens (primary N) is 1. The number of nitrogens with zero attached hydrogens (tertiary/aromatic N) is 4. The van der Waals surface area contributed by atoms with E-state index < -0.39 is 0 Å². The van der Waals surface area contributed by atoms with Crippen LogP contribution in [-0.2, 0) is 0 Å². The predicted octanol–water partition coefficient (Wildman–Crippen LogP) is 1.80. The monoisotopic (exact) mass is 401 g/mol. The van der Waals surface area contributed by atoms with Crippen molar-refractivity contribution in [2.75, 3.05) is 44.7 Å². The minimum Gasteiger partial charge on any atom is -0.395 e. The van der Waals surface area contributed by atoms with Crippen LogP contribution in [0.4, 0.5) is 5.82 Å². The number of aliphatic hydroxyl groups is 2. The van der Waals surface area contributed by atoms with Crippen LogP contribution in [0.1, 0.15) is 5.56 Å². The molecular weight excluding hydrogens is 378 g/mol. The Morgan fingerprint density at radius 3 is 2.68 bits per heavy atom. The smallest absolute Gasteiger partial charge is 0.155 e. The van der Waals surface area contributed by atoms with E-state index in [4.69, 9.17) is 26.5 Å². The van der Waals surface area contributed by atoms with Gasteiger partial charge >= 0.3 is 0 Å². The molecule has 0 fully saturated rings. The molecule has 0 saturated carbocycles. The molecule has 0 atom stereocenters. The number of nitrogens with one attached hydrogen (secondary N) is 2. The molecule has 9 nitrogen and oxygen atoms in total. The summed E-state index contributed by atoms with van der Waals surface area (Å²) in [5, 5.41) is 32.3. The van der Waals surface area contributed by atoms with Gasteiger partial charge in [-0.2, -0.15) is 5.53 Å². The van der Waals surface area contributed by atoms with Crippen LogP contribution in [0.25, 0.3) is 21.0 Å². The number of rotatable bonds is 10. The Balaban J connectivity index is 1.89. The van der Waals surface area contributed by atoms with Gasteiger partial charge in [0.1, 0.15) is 5.82 Å². The molecule has 0 radical (unpaired) electrons. The Kier molecular flexibility index (Phi) is 6.82. The van der Waals surface area contributed by atoms with Crippen LogP contribution < -0.4 is 11.1 Å². The second-order valence-corrected chi connectivity index (χ2v) is 7.07. The Bertz CT molecular complexity index is 983. The van der Waals surface area contributed by atoms with Crippen molar-refractivity contribution in [1.82, 2.24) is 9.88 Å². The van der Waals surface area contributed by atoms with Gasteiger partial charge in [0.2, 0.25) is 0 Å². The zero-order valence-electron chi connectivity index (χ0n) is 15.3. The molecule has 0 saturated heterocycles. The van der Waals surface area contributed by atoms with Gasteiger partial charge in [-0.05, 0) is 17.5 Å². The highest BCUT2D eigenvalue weighted by Crippen LogP contribution is 2.33. The van der Waals surface area contributed by atoms with E-state index in [-0.39, 0.29) is 19.0 Å². The zero-order valence-corrected chi connectivity index (χ0v) is 16.1. The van der Waals surface area contributed by atoms with Crippen molar-refractivity contribution in [2.45, 2.75) is 0 Å². The first kappa shape index (κ1) is 20.1. The van der Waals surface area contributed by atoms with Crippen LogP contribution in [0.15, 0.2) is 40.0 Å². The van der Waals surface area contributed by atoms with Crippen LogP contribution >= 0.6 is 11.3 Å². The lowest BCUT2D eigenvalue weighted by atomic mass is 10.1. The molecule has 28 heavy (non-hydrogen) atoms. The fourth-order valence-electron chi connectivity index (χ4n) is 3.06. The van der Waals surface area contributed by atoms with Crippen molar-refractivity contribution in [2.24, 2.45) is 16.1 Å². The van der Waals surface area contributed by atoms with Crippen LogP contribution in [0, 0.1) is 5.53 Å². The second kappa shape index (κ2) is 9.51. The predicted molar refractivity (Wildman–Crippen MR) is 112 cm³/mol. The number of amidine groups is 1. The summed E-state index contributed by atoms with van der Waals surface area (Å²) >= 11 is 1.64. The van der Waals surface area contributed by atoms with Crippen molar-refractivity contribution < 1.29 is 10.2 Å². The number of hydrogen-bond acceptors (Lipinski definition) is 8. The number of benzene rings is 1. The van der Waals surface area contributed by atoms with Crippen molar-refractivity contribution >= 4 is 44.0 Å². The van der Waals surface area contributed by atoms with Crippen molar-refractivity contribution in [3.05, 3.63) is 35.2 Å². The first-order valence-electron chi connectivity index (χ1n) is 8.87. The number of aliphatic hydroxyl groups excluding tert-OH is 2. The van der Waals surface area contributed by atoms with E-state index in [9.17, 15) is 0 Å². The standard InChI is InChI=1S/C18H23N7O2S/c19-17(23-24-20)12-1-2-13-15(11-12)22-18(14-3-10-28-16(13)14)21-4-5-25(6-8-26)7-9-27/h1-3,10-11,26-27H,4-9H2,(H,21,22)(H3,19,20,23). The number of pyridine rings is 1. The molecule has 6 N–H and O–H groups in total. The Hall–Kier alpha value is -2.66. The molecule has 3 aromatic rings. The Morgan fingerprint density at radius 2 is 1.96 bits per heavy atom. The molecule has 0 aliphatic carbocycles. The van der Waals surface area contributed by atoms with Gasteiger partial charge in [-0.1, -0.05) is 17.4 Å². The third kappa shape index (κ3) is 4.42. The lowest BCUT2D eigenvalue weighted by molar-refractivity contribution is 0.165. The molecule has 0 aliphatic heterocycles. The maximum atomic E-state index is 9.13. The van der Waals surface area contributed by atoms with E-state index in [0.29, 0.717) is 31.7 Å². The summed E-state index contributed by atoms with van der Waals surface area (Å²) in [7, 11) is 0. The average molecular weight is 401 g/mol. The van der Waals surface area contributed by atoms with E-state index >= 15 is 0 Å². The molecule has 3 rings (SSSR count). The molecule has 0 aliphatic rings. The van der Waals surface area contributed by atoms with Crippen molar-refractivity contribution in [1.29, 1.82) is 5.53 Å².